The summed E-state index contributed by atoms with van der Waals surface area (Å²) >= 11 is 5.84. The highest BCUT2D eigenvalue weighted by atomic mass is 35.5. The van der Waals surface area contributed by atoms with Gasteiger partial charge in [-0.3, -0.25) is 4.79 Å². The number of carbonyl (C=O) groups is 1. The zero-order valence-corrected chi connectivity index (χ0v) is 18.1. The van der Waals surface area contributed by atoms with E-state index in [1.165, 1.54) is 11.9 Å². The summed E-state index contributed by atoms with van der Waals surface area (Å²) in [4.78, 5) is 20.7. The Kier molecular flexibility index (Phi) is 7.14. The number of fused-ring (bicyclic) bond motifs is 1. The number of benzene rings is 2. The SMILES string of the molecule is O=C(COc1ccc(Cl)cc1)NCCn1ncc2c(NCCc3ccccc3)ncnc21. The Hall–Kier alpha value is -3.65. The fourth-order valence-corrected chi connectivity index (χ4v) is 3.33. The van der Waals surface area contributed by atoms with Gasteiger partial charge in [0.05, 0.1) is 18.1 Å². The van der Waals surface area contributed by atoms with Crippen molar-refractivity contribution in [2.75, 3.05) is 25.0 Å². The molecule has 0 saturated heterocycles. The van der Waals surface area contributed by atoms with Crippen molar-refractivity contribution >= 4 is 34.4 Å². The van der Waals surface area contributed by atoms with Gasteiger partial charge in [-0.25, -0.2) is 14.6 Å². The lowest BCUT2D eigenvalue weighted by Gasteiger charge is -2.09. The summed E-state index contributed by atoms with van der Waals surface area (Å²) in [5.41, 5.74) is 1.98. The molecular weight excluding hydrogens is 428 g/mol. The molecule has 32 heavy (non-hydrogen) atoms. The summed E-state index contributed by atoms with van der Waals surface area (Å²) in [5, 5.41) is 12.0. The van der Waals surface area contributed by atoms with Gasteiger partial charge >= 0.3 is 0 Å². The molecule has 2 aromatic carbocycles. The summed E-state index contributed by atoms with van der Waals surface area (Å²) < 4.78 is 7.19. The minimum atomic E-state index is -0.214. The van der Waals surface area contributed by atoms with Gasteiger partial charge in [0.1, 0.15) is 17.9 Å². The number of ether oxygens (including phenoxy) is 1. The Labute approximate surface area is 190 Å². The van der Waals surface area contributed by atoms with Gasteiger partial charge in [0, 0.05) is 18.1 Å². The molecule has 9 heteroatoms. The molecular formula is C23H23ClN6O2. The van der Waals surface area contributed by atoms with Crippen LogP contribution in [0.3, 0.4) is 0 Å². The first-order valence-electron chi connectivity index (χ1n) is 10.3. The van der Waals surface area contributed by atoms with Crippen LogP contribution in [-0.2, 0) is 17.8 Å². The maximum absolute atomic E-state index is 12.0. The van der Waals surface area contributed by atoms with E-state index in [2.05, 4.69) is 37.8 Å². The van der Waals surface area contributed by atoms with E-state index in [9.17, 15) is 4.79 Å². The molecule has 0 aliphatic heterocycles. The molecule has 1 amide bonds. The number of hydrogen-bond acceptors (Lipinski definition) is 6. The summed E-state index contributed by atoms with van der Waals surface area (Å²) in [6.07, 6.45) is 4.15. The summed E-state index contributed by atoms with van der Waals surface area (Å²) in [6.45, 7) is 1.57. The Balaban J connectivity index is 1.26. The first kappa shape index (κ1) is 21.6. The predicted octanol–water partition coefficient (Wildman–Crippen LogP) is 3.33. The molecule has 0 radical (unpaired) electrons. The Morgan fingerprint density at radius 3 is 2.66 bits per heavy atom. The van der Waals surface area contributed by atoms with Crippen LogP contribution in [0.15, 0.2) is 67.1 Å². The van der Waals surface area contributed by atoms with E-state index in [0.29, 0.717) is 29.5 Å². The average Bonchev–Trinajstić information content (AvgIpc) is 3.23. The largest absolute Gasteiger partial charge is 0.484 e. The second kappa shape index (κ2) is 10.6. The van der Waals surface area contributed by atoms with Crippen LogP contribution in [0.2, 0.25) is 5.02 Å². The van der Waals surface area contributed by atoms with Gasteiger partial charge < -0.3 is 15.4 Å². The van der Waals surface area contributed by atoms with Crippen molar-refractivity contribution in [1.29, 1.82) is 0 Å². The van der Waals surface area contributed by atoms with Crippen LogP contribution in [0.25, 0.3) is 11.0 Å². The molecule has 8 nitrogen and oxygen atoms in total. The number of nitrogens with one attached hydrogen (secondary N) is 2. The third kappa shape index (κ3) is 5.73. The number of halogens is 1. The van der Waals surface area contributed by atoms with Gasteiger partial charge in [0.15, 0.2) is 12.3 Å². The van der Waals surface area contributed by atoms with Crippen LogP contribution < -0.4 is 15.4 Å². The molecule has 0 unspecified atom stereocenters. The molecule has 0 aliphatic rings. The van der Waals surface area contributed by atoms with Crippen LogP contribution in [0, 0.1) is 0 Å². The third-order valence-electron chi connectivity index (χ3n) is 4.81. The van der Waals surface area contributed by atoms with Crippen molar-refractivity contribution in [3.63, 3.8) is 0 Å². The normalized spacial score (nSPS) is 10.8. The fourth-order valence-electron chi connectivity index (χ4n) is 3.20. The van der Waals surface area contributed by atoms with E-state index >= 15 is 0 Å². The highest BCUT2D eigenvalue weighted by Crippen LogP contribution is 2.18. The van der Waals surface area contributed by atoms with E-state index in [1.54, 1.807) is 35.1 Å². The maximum Gasteiger partial charge on any atom is 0.258 e. The molecule has 0 spiro atoms. The highest BCUT2D eigenvalue weighted by Gasteiger charge is 2.10. The first-order chi connectivity index (χ1) is 15.7. The topological polar surface area (TPSA) is 94.0 Å². The fraction of sp³-hybridized carbons (Fsp3) is 0.217. The third-order valence-corrected chi connectivity index (χ3v) is 5.06. The monoisotopic (exact) mass is 450 g/mol. The standard InChI is InChI=1S/C23H23ClN6O2/c24-18-6-8-19(9-7-18)32-15-21(31)25-12-13-30-23-20(14-29-30)22(27-16-28-23)26-11-10-17-4-2-1-3-5-17/h1-9,14,16H,10-13,15H2,(H,25,31)(H,26,27,28). The maximum atomic E-state index is 12.0. The molecule has 4 aromatic rings. The average molecular weight is 451 g/mol. The molecule has 0 fully saturated rings. The van der Waals surface area contributed by atoms with E-state index < -0.39 is 0 Å². The number of carbonyl (C=O) groups excluding carboxylic acids is 1. The van der Waals surface area contributed by atoms with E-state index in [1.807, 2.05) is 18.2 Å². The molecule has 2 aromatic heterocycles. The second-order valence-electron chi connectivity index (χ2n) is 7.08. The van der Waals surface area contributed by atoms with Gasteiger partial charge in [0.2, 0.25) is 0 Å². The molecule has 2 N–H and O–H groups in total. The predicted molar refractivity (Wildman–Crippen MR) is 124 cm³/mol. The first-order valence-corrected chi connectivity index (χ1v) is 10.7. The lowest BCUT2D eigenvalue weighted by molar-refractivity contribution is -0.123. The second-order valence-corrected chi connectivity index (χ2v) is 7.52. The van der Waals surface area contributed by atoms with Crippen molar-refractivity contribution in [3.05, 3.63) is 77.7 Å². The van der Waals surface area contributed by atoms with Crippen LogP contribution in [0.5, 0.6) is 5.75 Å². The number of aromatic nitrogens is 4. The van der Waals surface area contributed by atoms with Crippen molar-refractivity contribution in [1.82, 2.24) is 25.1 Å². The molecule has 4 rings (SSSR count). The smallest absolute Gasteiger partial charge is 0.258 e. The molecule has 0 atom stereocenters. The lowest BCUT2D eigenvalue weighted by atomic mass is 10.1. The van der Waals surface area contributed by atoms with Gasteiger partial charge in [-0.1, -0.05) is 41.9 Å². The number of hydrogen-bond donors (Lipinski definition) is 2. The molecule has 2 heterocycles. The molecule has 164 valence electrons. The van der Waals surface area contributed by atoms with Crippen molar-refractivity contribution in [2.24, 2.45) is 0 Å². The molecule has 0 saturated carbocycles. The van der Waals surface area contributed by atoms with Crippen LogP contribution in [0.4, 0.5) is 5.82 Å². The van der Waals surface area contributed by atoms with Crippen molar-refractivity contribution in [2.45, 2.75) is 13.0 Å². The number of amides is 1. The van der Waals surface area contributed by atoms with Crippen LogP contribution >= 0.6 is 11.6 Å². The van der Waals surface area contributed by atoms with E-state index in [-0.39, 0.29) is 12.5 Å². The van der Waals surface area contributed by atoms with E-state index in [0.717, 1.165) is 24.2 Å². The van der Waals surface area contributed by atoms with E-state index in [4.69, 9.17) is 16.3 Å². The van der Waals surface area contributed by atoms with Crippen molar-refractivity contribution in [3.8, 4) is 5.75 Å². The summed E-state index contributed by atoms with van der Waals surface area (Å²) in [7, 11) is 0. The Morgan fingerprint density at radius 2 is 1.84 bits per heavy atom. The molecule has 0 bridgehead atoms. The zero-order valence-electron chi connectivity index (χ0n) is 17.4. The Morgan fingerprint density at radius 1 is 1.03 bits per heavy atom. The lowest BCUT2D eigenvalue weighted by Crippen LogP contribution is -2.31. The van der Waals surface area contributed by atoms with Gasteiger partial charge in [0.25, 0.3) is 5.91 Å². The minimum absolute atomic E-state index is 0.0703. The highest BCUT2D eigenvalue weighted by molar-refractivity contribution is 6.30. The number of anilines is 1. The van der Waals surface area contributed by atoms with Gasteiger partial charge in [-0.05, 0) is 36.2 Å². The van der Waals surface area contributed by atoms with Crippen molar-refractivity contribution < 1.29 is 9.53 Å². The zero-order chi connectivity index (χ0) is 22.2. The minimum Gasteiger partial charge on any atom is -0.484 e. The van der Waals surface area contributed by atoms with Gasteiger partial charge in [-0.15, -0.1) is 0 Å². The summed E-state index contributed by atoms with van der Waals surface area (Å²) in [6, 6.07) is 17.1. The van der Waals surface area contributed by atoms with Gasteiger partial charge in [-0.2, -0.15) is 5.10 Å². The summed E-state index contributed by atoms with van der Waals surface area (Å²) in [5.74, 6) is 1.12. The Bertz CT molecular complexity index is 1160. The molecule has 0 aliphatic carbocycles. The van der Waals surface area contributed by atoms with Crippen LogP contribution in [-0.4, -0.2) is 45.4 Å². The van der Waals surface area contributed by atoms with Crippen LogP contribution in [0.1, 0.15) is 5.56 Å². The quantitative estimate of drug-likeness (QED) is 0.385. The number of nitrogens with zero attached hydrogens (tertiary/aromatic N) is 4. The number of rotatable bonds is 10.